The highest BCUT2D eigenvalue weighted by atomic mass is 32.1. The van der Waals surface area contributed by atoms with E-state index in [4.69, 9.17) is 4.98 Å². The minimum absolute atomic E-state index is 0.426. The van der Waals surface area contributed by atoms with Gasteiger partial charge in [-0.1, -0.05) is 63.0 Å². The number of aromatic nitrogens is 3. The third-order valence-electron chi connectivity index (χ3n) is 5.38. The molecule has 0 spiro atoms. The number of aromatic hydroxyl groups is 1. The molecule has 1 aromatic carbocycles. The largest absolute Gasteiger partial charge is 0.494 e. The zero-order valence-electron chi connectivity index (χ0n) is 16.2. The molecule has 0 fully saturated rings. The molecule has 0 aliphatic heterocycles. The first-order valence-corrected chi connectivity index (χ1v) is 11.0. The Morgan fingerprint density at radius 1 is 1.07 bits per heavy atom. The molecular formula is C22H28N3OS+. The highest BCUT2D eigenvalue weighted by Gasteiger charge is 2.26. The van der Waals surface area contributed by atoms with Crippen molar-refractivity contribution in [3.63, 3.8) is 0 Å². The number of nitrogens with zero attached hydrogens (tertiary/aromatic N) is 3. The van der Waals surface area contributed by atoms with Crippen LogP contribution in [-0.2, 0) is 13.0 Å². The minimum atomic E-state index is 0.426. The molecule has 0 bridgehead atoms. The SMILES string of the molecule is CCCCCc1c(O)n(CCCCC)c2nc[n+]3c4ccccc4sc3c12. The fraction of sp³-hybridized carbons (Fsp3) is 0.455. The van der Waals surface area contributed by atoms with Crippen LogP contribution in [0.4, 0.5) is 0 Å². The highest BCUT2D eigenvalue weighted by molar-refractivity contribution is 7.24. The smallest absolute Gasteiger partial charge is 0.295 e. The first-order valence-electron chi connectivity index (χ1n) is 10.2. The maximum absolute atomic E-state index is 11.1. The Labute approximate surface area is 164 Å². The number of fused-ring (bicyclic) bond motifs is 5. The van der Waals surface area contributed by atoms with E-state index in [2.05, 4.69) is 42.5 Å². The van der Waals surface area contributed by atoms with E-state index in [1.165, 1.54) is 40.7 Å². The lowest BCUT2D eigenvalue weighted by molar-refractivity contribution is -0.480. The lowest BCUT2D eigenvalue weighted by Crippen LogP contribution is -2.20. The lowest BCUT2D eigenvalue weighted by Gasteiger charge is -2.04. The summed E-state index contributed by atoms with van der Waals surface area (Å²) in [5, 5.41) is 12.2. The van der Waals surface area contributed by atoms with Gasteiger partial charge in [0.15, 0.2) is 11.4 Å². The van der Waals surface area contributed by atoms with Crippen molar-refractivity contribution in [1.29, 1.82) is 0 Å². The summed E-state index contributed by atoms with van der Waals surface area (Å²) in [4.78, 5) is 5.98. The fourth-order valence-corrected chi connectivity index (χ4v) is 5.11. The predicted molar refractivity (Wildman–Crippen MR) is 113 cm³/mol. The second kappa shape index (κ2) is 7.85. The second-order valence-electron chi connectivity index (χ2n) is 7.31. The van der Waals surface area contributed by atoms with Crippen LogP contribution in [-0.4, -0.2) is 14.7 Å². The molecule has 5 heteroatoms. The molecule has 27 heavy (non-hydrogen) atoms. The van der Waals surface area contributed by atoms with Gasteiger partial charge in [0.2, 0.25) is 4.83 Å². The van der Waals surface area contributed by atoms with Crippen LogP contribution in [0.2, 0.25) is 0 Å². The third kappa shape index (κ3) is 3.18. The molecule has 0 radical (unpaired) electrons. The minimum Gasteiger partial charge on any atom is -0.494 e. The number of hydrogen-bond acceptors (Lipinski definition) is 3. The average molecular weight is 383 g/mol. The van der Waals surface area contributed by atoms with Crippen LogP contribution in [0.5, 0.6) is 5.88 Å². The molecular weight excluding hydrogens is 354 g/mol. The number of thiazole rings is 1. The van der Waals surface area contributed by atoms with Gasteiger partial charge in [-0.3, -0.25) is 4.57 Å². The van der Waals surface area contributed by atoms with Crippen molar-refractivity contribution in [2.24, 2.45) is 0 Å². The van der Waals surface area contributed by atoms with E-state index in [9.17, 15) is 5.11 Å². The van der Waals surface area contributed by atoms with Crippen LogP contribution in [0.25, 0.3) is 26.1 Å². The summed E-state index contributed by atoms with van der Waals surface area (Å²) in [7, 11) is 0. The van der Waals surface area contributed by atoms with Gasteiger partial charge >= 0.3 is 0 Å². The normalized spacial score (nSPS) is 11.9. The number of benzene rings is 1. The summed E-state index contributed by atoms with van der Waals surface area (Å²) in [6.07, 6.45) is 9.71. The van der Waals surface area contributed by atoms with Crippen molar-refractivity contribution in [2.75, 3.05) is 0 Å². The van der Waals surface area contributed by atoms with Gasteiger partial charge in [-0.25, -0.2) is 0 Å². The molecule has 0 saturated carbocycles. The van der Waals surface area contributed by atoms with Crippen molar-refractivity contribution in [3.05, 3.63) is 36.2 Å². The van der Waals surface area contributed by atoms with Crippen LogP contribution in [0.1, 0.15) is 57.9 Å². The van der Waals surface area contributed by atoms with Gasteiger partial charge in [-0.2, -0.15) is 4.40 Å². The van der Waals surface area contributed by atoms with Gasteiger partial charge in [0, 0.05) is 12.1 Å². The van der Waals surface area contributed by atoms with Gasteiger partial charge in [0.25, 0.3) is 12.0 Å². The zero-order valence-corrected chi connectivity index (χ0v) is 17.1. The molecule has 0 aliphatic carbocycles. The summed E-state index contributed by atoms with van der Waals surface area (Å²) in [5.74, 6) is 0.426. The zero-order chi connectivity index (χ0) is 18.8. The third-order valence-corrected chi connectivity index (χ3v) is 6.54. The summed E-state index contributed by atoms with van der Waals surface area (Å²) in [6, 6.07) is 8.45. The van der Waals surface area contributed by atoms with Crippen LogP contribution < -0.4 is 4.40 Å². The summed E-state index contributed by atoms with van der Waals surface area (Å²) in [5.41, 5.74) is 3.19. The van der Waals surface area contributed by atoms with Gasteiger partial charge in [0.05, 0.1) is 4.70 Å². The Morgan fingerprint density at radius 2 is 1.85 bits per heavy atom. The molecule has 4 nitrogen and oxygen atoms in total. The first-order chi connectivity index (χ1) is 13.3. The summed E-state index contributed by atoms with van der Waals surface area (Å²) >= 11 is 1.79. The van der Waals surface area contributed by atoms with E-state index in [0.29, 0.717) is 5.88 Å². The molecule has 4 rings (SSSR count). The van der Waals surface area contributed by atoms with Crippen LogP contribution in [0.15, 0.2) is 30.6 Å². The molecule has 3 heterocycles. The van der Waals surface area contributed by atoms with Crippen LogP contribution in [0.3, 0.4) is 0 Å². The molecule has 0 saturated heterocycles. The van der Waals surface area contributed by atoms with Gasteiger partial charge < -0.3 is 5.11 Å². The Balaban J connectivity index is 1.93. The number of unbranched alkanes of at least 4 members (excludes halogenated alkanes) is 4. The first kappa shape index (κ1) is 18.2. The molecule has 3 aromatic heterocycles. The fourth-order valence-electron chi connectivity index (χ4n) is 3.93. The lowest BCUT2D eigenvalue weighted by atomic mass is 10.1. The standard InChI is InChI=1S/C22H27N3OS/c1-3-5-7-11-16-19-20(24(21(16)26)14-10-6-4-2)23-15-25-17-12-8-9-13-18(17)27-22(19)25/h8-9,12-13,15H,3-7,10-11,14H2,1-2H3/p+1. The molecule has 4 aromatic rings. The monoisotopic (exact) mass is 382 g/mol. The van der Waals surface area contributed by atoms with Crippen molar-refractivity contribution in [1.82, 2.24) is 9.55 Å². The Morgan fingerprint density at radius 3 is 2.67 bits per heavy atom. The number of hydrogen-bond donors (Lipinski definition) is 1. The number of aryl methyl sites for hydroxylation is 2. The van der Waals surface area contributed by atoms with Gasteiger partial charge in [-0.05, 0) is 36.4 Å². The number of para-hydroxylation sites is 1. The second-order valence-corrected chi connectivity index (χ2v) is 8.34. The Kier molecular flexibility index (Phi) is 5.30. The van der Waals surface area contributed by atoms with Gasteiger partial charge in [0.1, 0.15) is 5.39 Å². The number of rotatable bonds is 8. The van der Waals surface area contributed by atoms with E-state index in [0.717, 1.165) is 42.4 Å². The van der Waals surface area contributed by atoms with Crippen LogP contribution >= 0.6 is 11.3 Å². The van der Waals surface area contributed by atoms with E-state index < -0.39 is 0 Å². The highest BCUT2D eigenvalue weighted by Crippen LogP contribution is 2.36. The predicted octanol–water partition coefficient (Wildman–Crippen LogP) is 5.62. The Hall–Kier alpha value is -2.14. The topological polar surface area (TPSA) is 42.1 Å². The summed E-state index contributed by atoms with van der Waals surface area (Å²) in [6.45, 7) is 5.26. The Bertz CT molecular complexity index is 1080. The van der Waals surface area contributed by atoms with E-state index >= 15 is 0 Å². The molecule has 1 N–H and O–H groups in total. The molecule has 0 unspecified atom stereocenters. The molecule has 0 atom stereocenters. The van der Waals surface area contributed by atoms with Crippen molar-refractivity contribution < 1.29 is 9.51 Å². The quantitative estimate of drug-likeness (QED) is 0.317. The molecule has 0 amide bonds. The van der Waals surface area contributed by atoms with Crippen molar-refractivity contribution >= 4 is 37.4 Å². The maximum Gasteiger partial charge on any atom is 0.295 e. The molecule has 142 valence electrons. The van der Waals surface area contributed by atoms with Crippen molar-refractivity contribution in [2.45, 2.75) is 65.3 Å². The molecule has 0 aliphatic rings. The maximum atomic E-state index is 11.1. The van der Waals surface area contributed by atoms with Crippen molar-refractivity contribution in [3.8, 4) is 5.88 Å². The van der Waals surface area contributed by atoms with Gasteiger partial charge in [-0.15, -0.1) is 0 Å². The summed E-state index contributed by atoms with van der Waals surface area (Å²) < 4.78 is 5.47. The van der Waals surface area contributed by atoms with E-state index in [1.807, 2.05) is 10.9 Å². The van der Waals surface area contributed by atoms with E-state index in [1.54, 1.807) is 11.3 Å². The average Bonchev–Trinajstić information content (AvgIpc) is 3.18. The van der Waals surface area contributed by atoms with E-state index in [-0.39, 0.29) is 0 Å². The van der Waals surface area contributed by atoms with Crippen LogP contribution in [0, 0.1) is 0 Å².